The van der Waals surface area contributed by atoms with Crippen LogP contribution in [0.4, 0.5) is 0 Å². The first kappa shape index (κ1) is 25.2. The maximum atomic E-state index is 11.0. The Morgan fingerprint density at radius 3 is 1.46 bits per heavy atom. The van der Waals surface area contributed by atoms with E-state index in [9.17, 15) is 24.0 Å². The highest BCUT2D eigenvalue weighted by Gasteiger charge is 2.16. The number of ether oxygens (including phenoxy) is 2. The Labute approximate surface area is 161 Å². The minimum Gasteiger partial charge on any atom is -0.480 e. The maximum Gasteiger partial charge on any atom is 0.317 e. The molecule has 0 spiro atoms. The largest absolute Gasteiger partial charge is 0.480 e. The predicted octanol–water partition coefficient (Wildman–Crippen LogP) is -2.20. The second-order valence-electron chi connectivity index (χ2n) is 5.70. The molecule has 0 saturated carbocycles. The van der Waals surface area contributed by atoms with E-state index in [0.29, 0.717) is 6.42 Å². The molecule has 0 aliphatic rings. The molecule has 0 rings (SSSR count). The molecule has 0 amide bonds. The van der Waals surface area contributed by atoms with Gasteiger partial charge < -0.3 is 24.8 Å². The summed E-state index contributed by atoms with van der Waals surface area (Å²) in [6.45, 7) is -0.153. The fourth-order valence-electron chi connectivity index (χ4n) is 2.30. The minimum atomic E-state index is -1.16. The summed E-state index contributed by atoms with van der Waals surface area (Å²) in [5.74, 6) is -3.40. The second kappa shape index (κ2) is 15.3. The van der Waals surface area contributed by atoms with Crippen molar-refractivity contribution < 1.29 is 48.8 Å². The molecule has 0 unspecified atom stereocenters. The van der Waals surface area contributed by atoms with Crippen molar-refractivity contribution in [1.82, 2.24) is 14.7 Å². The lowest BCUT2D eigenvalue weighted by Gasteiger charge is -2.26. The summed E-state index contributed by atoms with van der Waals surface area (Å²) < 4.78 is 9.18. The van der Waals surface area contributed by atoms with Gasteiger partial charge in [-0.25, -0.2) is 4.90 Å². The van der Waals surface area contributed by atoms with Crippen molar-refractivity contribution in [2.75, 3.05) is 59.3 Å². The standard InChI is InChI=1S/C15H25N3O10/c19-11-27-9-18(10-28-12-20)5-4-16(6-13(21)22)2-1-3-17(7-14(23)24)8-15(25)26/h11-12H,1-10H2,(H,21,22)(H,23,24)(H,25,26). The molecular weight excluding hydrogens is 382 g/mol. The van der Waals surface area contributed by atoms with Gasteiger partial charge in [0.1, 0.15) is 13.5 Å². The number of carboxylic acids is 3. The molecule has 0 aromatic heterocycles. The Balaban J connectivity index is 4.62. The SMILES string of the molecule is O=COCN(CCN(CCCN(CC(=O)O)CC(=O)O)CC(=O)O)COC=O. The maximum absolute atomic E-state index is 11.0. The zero-order valence-electron chi connectivity index (χ0n) is 15.3. The highest BCUT2D eigenvalue weighted by atomic mass is 16.6. The monoisotopic (exact) mass is 407 g/mol. The molecule has 0 bridgehead atoms. The molecular formula is C15H25N3O10. The van der Waals surface area contributed by atoms with E-state index >= 15 is 0 Å². The molecule has 13 heteroatoms. The summed E-state index contributed by atoms with van der Waals surface area (Å²) >= 11 is 0. The molecule has 3 N–H and O–H groups in total. The van der Waals surface area contributed by atoms with E-state index in [1.54, 1.807) is 4.90 Å². The van der Waals surface area contributed by atoms with E-state index in [1.807, 2.05) is 0 Å². The first-order valence-electron chi connectivity index (χ1n) is 8.21. The van der Waals surface area contributed by atoms with Gasteiger partial charge in [-0.05, 0) is 6.42 Å². The van der Waals surface area contributed by atoms with Crippen LogP contribution in [0.5, 0.6) is 0 Å². The average Bonchev–Trinajstić information content (AvgIpc) is 2.59. The summed E-state index contributed by atoms with van der Waals surface area (Å²) in [4.78, 5) is 57.4. The third-order valence-corrected chi connectivity index (χ3v) is 3.41. The van der Waals surface area contributed by atoms with Crippen molar-refractivity contribution in [2.45, 2.75) is 6.42 Å². The highest BCUT2D eigenvalue weighted by molar-refractivity contribution is 5.72. The fraction of sp³-hybridized carbons (Fsp3) is 0.667. The molecule has 0 aliphatic heterocycles. The molecule has 0 aromatic carbocycles. The third kappa shape index (κ3) is 14.4. The molecule has 0 heterocycles. The van der Waals surface area contributed by atoms with Gasteiger partial charge in [-0.1, -0.05) is 0 Å². The van der Waals surface area contributed by atoms with Gasteiger partial charge in [-0.2, -0.15) is 0 Å². The van der Waals surface area contributed by atoms with Crippen LogP contribution in [-0.4, -0.2) is 120 Å². The van der Waals surface area contributed by atoms with Gasteiger partial charge >= 0.3 is 17.9 Å². The number of hydrogen-bond donors (Lipinski definition) is 3. The lowest BCUT2D eigenvalue weighted by molar-refractivity contribution is -0.143. The van der Waals surface area contributed by atoms with Gasteiger partial charge in [-0.3, -0.25) is 33.8 Å². The Bertz CT molecular complexity index is 488. The number of carboxylic acid groups (broad SMARTS) is 3. The summed E-state index contributed by atoms with van der Waals surface area (Å²) in [6, 6.07) is 0. The summed E-state index contributed by atoms with van der Waals surface area (Å²) in [5, 5.41) is 26.6. The summed E-state index contributed by atoms with van der Waals surface area (Å²) in [6.07, 6.45) is 0.337. The third-order valence-electron chi connectivity index (χ3n) is 3.41. The van der Waals surface area contributed by atoms with Crippen LogP contribution < -0.4 is 0 Å². The summed E-state index contributed by atoms with van der Waals surface area (Å²) in [5.41, 5.74) is 0. The van der Waals surface area contributed by atoms with Crippen LogP contribution in [0.1, 0.15) is 6.42 Å². The van der Waals surface area contributed by atoms with E-state index < -0.39 is 31.0 Å². The number of hydrogen-bond acceptors (Lipinski definition) is 10. The van der Waals surface area contributed by atoms with Crippen LogP contribution in [0.25, 0.3) is 0 Å². The first-order chi connectivity index (χ1) is 13.3. The molecule has 0 radical (unpaired) electrons. The van der Waals surface area contributed by atoms with E-state index in [-0.39, 0.29) is 59.1 Å². The van der Waals surface area contributed by atoms with Crippen molar-refractivity contribution in [2.24, 2.45) is 0 Å². The van der Waals surface area contributed by atoms with Gasteiger partial charge in [0.2, 0.25) is 0 Å². The van der Waals surface area contributed by atoms with Crippen LogP contribution in [0, 0.1) is 0 Å². The average molecular weight is 407 g/mol. The van der Waals surface area contributed by atoms with Gasteiger partial charge in [0.25, 0.3) is 12.9 Å². The van der Waals surface area contributed by atoms with E-state index in [4.69, 9.17) is 15.3 Å². The number of rotatable bonds is 19. The van der Waals surface area contributed by atoms with Gasteiger partial charge in [0.15, 0.2) is 0 Å². The van der Waals surface area contributed by atoms with Crippen molar-refractivity contribution in [3.8, 4) is 0 Å². The summed E-state index contributed by atoms with van der Waals surface area (Å²) in [7, 11) is 0. The smallest absolute Gasteiger partial charge is 0.317 e. The second-order valence-corrected chi connectivity index (χ2v) is 5.70. The van der Waals surface area contributed by atoms with Gasteiger partial charge in [-0.15, -0.1) is 0 Å². The predicted molar refractivity (Wildman–Crippen MR) is 91.1 cm³/mol. The molecule has 0 fully saturated rings. The molecule has 160 valence electrons. The molecule has 28 heavy (non-hydrogen) atoms. The van der Waals surface area contributed by atoms with E-state index in [1.165, 1.54) is 9.80 Å². The van der Waals surface area contributed by atoms with Crippen molar-refractivity contribution in [3.05, 3.63) is 0 Å². The molecule has 0 aliphatic carbocycles. The van der Waals surface area contributed by atoms with Gasteiger partial charge in [0.05, 0.1) is 19.6 Å². The van der Waals surface area contributed by atoms with Crippen LogP contribution in [0.15, 0.2) is 0 Å². The number of carbonyl (C=O) groups is 5. The topological polar surface area (TPSA) is 174 Å². The van der Waals surface area contributed by atoms with Crippen LogP contribution in [-0.2, 0) is 33.4 Å². The fourth-order valence-corrected chi connectivity index (χ4v) is 2.30. The Kier molecular flexibility index (Phi) is 13.8. The lowest BCUT2D eigenvalue weighted by Crippen LogP contribution is -2.41. The van der Waals surface area contributed by atoms with Crippen LogP contribution in [0.2, 0.25) is 0 Å². The Morgan fingerprint density at radius 1 is 0.643 bits per heavy atom. The van der Waals surface area contributed by atoms with E-state index in [0.717, 1.165) is 0 Å². The number of carbonyl (C=O) groups excluding carboxylic acids is 2. The lowest BCUT2D eigenvalue weighted by atomic mass is 10.3. The minimum absolute atomic E-state index is 0.150. The zero-order valence-corrected chi connectivity index (χ0v) is 15.3. The van der Waals surface area contributed by atoms with Crippen molar-refractivity contribution in [1.29, 1.82) is 0 Å². The Hall–Kier alpha value is -2.77. The van der Waals surface area contributed by atoms with Gasteiger partial charge in [0, 0.05) is 26.2 Å². The Morgan fingerprint density at radius 2 is 1.04 bits per heavy atom. The first-order valence-corrected chi connectivity index (χ1v) is 8.21. The van der Waals surface area contributed by atoms with Crippen molar-refractivity contribution in [3.63, 3.8) is 0 Å². The normalized spacial score (nSPS) is 10.8. The molecule has 13 nitrogen and oxygen atoms in total. The van der Waals surface area contributed by atoms with E-state index in [2.05, 4.69) is 9.47 Å². The highest BCUT2D eigenvalue weighted by Crippen LogP contribution is 1.99. The van der Waals surface area contributed by atoms with Crippen LogP contribution >= 0.6 is 0 Å². The molecule has 0 atom stereocenters. The van der Waals surface area contributed by atoms with Crippen LogP contribution in [0.3, 0.4) is 0 Å². The quantitative estimate of drug-likeness (QED) is 0.155. The molecule has 0 aromatic rings. The molecule has 0 saturated heterocycles. The number of nitrogens with zero attached hydrogens (tertiary/aromatic N) is 3. The number of aliphatic carboxylic acids is 3. The zero-order chi connectivity index (χ0) is 21.4. The van der Waals surface area contributed by atoms with Crippen molar-refractivity contribution >= 4 is 30.9 Å².